The van der Waals surface area contributed by atoms with Gasteiger partial charge in [0.15, 0.2) is 0 Å². The molecule has 2 atom stereocenters. The first kappa shape index (κ1) is 27.8. The molecule has 2 unspecified atom stereocenters. The molecule has 0 spiro atoms. The third-order valence-corrected chi connectivity index (χ3v) is 7.61. The van der Waals surface area contributed by atoms with Crippen molar-refractivity contribution >= 4 is 5.69 Å². The first-order valence-electron chi connectivity index (χ1n) is 13.7. The molecule has 0 aliphatic heterocycles. The van der Waals surface area contributed by atoms with Gasteiger partial charge in [-0.25, -0.2) is 0 Å². The number of aryl methyl sites for hydroxylation is 1. The van der Waals surface area contributed by atoms with Gasteiger partial charge in [0, 0.05) is 38.5 Å². The number of anilines is 1. The third kappa shape index (κ3) is 6.80. The van der Waals surface area contributed by atoms with Gasteiger partial charge in [-0.05, 0) is 91.6 Å². The van der Waals surface area contributed by atoms with Gasteiger partial charge in [-0.2, -0.15) is 0 Å². The fourth-order valence-electron chi connectivity index (χ4n) is 5.47. The highest BCUT2D eigenvalue weighted by Gasteiger charge is 2.26. The zero-order chi connectivity index (χ0) is 26.9. The van der Waals surface area contributed by atoms with E-state index < -0.39 is 0 Å². The summed E-state index contributed by atoms with van der Waals surface area (Å²) < 4.78 is 16.6. The van der Waals surface area contributed by atoms with E-state index in [1.165, 1.54) is 27.9 Å². The first-order chi connectivity index (χ1) is 18.5. The van der Waals surface area contributed by atoms with Crippen LogP contribution in [0.2, 0.25) is 0 Å². The number of nitrogens with zero attached hydrogens (tertiary/aromatic N) is 1. The molecule has 4 rings (SSSR count). The molecule has 1 aliphatic rings. The summed E-state index contributed by atoms with van der Waals surface area (Å²) >= 11 is 0. The topological polar surface area (TPSA) is 63.2 Å². The number of rotatable bonds is 13. The molecule has 0 amide bonds. The van der Waals surface area contributed by atoms with Crippen LogP contribution in [0, 0.1) is 0 Å². The molecule has 0 radical (unpaired) electrons. The molecule has 0 heterocycles. The first-order valence-corrected chi connectivity index (χ1v) is 13.7. The maximum absolute atomic E-state index is 9.91. The van der Waals surface area contributed by atoms with Crippen LogP contribution in [-0.2, 0) is 17.6 Å². The minimum Gasteiger partial charge on any atom is -0.508 e. The van der Waals surface area contributed by atoms with Crippen LogP contribution in [0.4, 0.5) is 5.69 Å². The maximum atomic E-state index is 9.91. The zero-order valence-corrected chi connectivity index (χ0v) is 23.2. The molecule has 0 aromatic heterocycles. The number of ether oxygens (including phenoxy) is 3. The largest absolute Gasteiger partial charge is 0.508 e. The molecule has 6 heteroatoms. The molecule has 2 N–H and O–H groups in total. The van der Waals surface area contributed by atoms with Gasteiger partial charge in [0.2, 0.25) is 0 Å². The maximum Gasteiger partial charge on any atom is 0.120 e. The molecule has 3 aromatic carbocycles. The van der Waals surface area contributed by atoms with Gasteiger partial charge in [-0.15, -0.1) is 0 Å². The molecule has 1 aliphatic carbocycles. The Labute approximate surface area is 227 Å². The molecule has 0 saturated heterocycles. The second-order valence-electron chi connectivity index (χ2n) is 9.94. The average Bonchev–Trinajstić information content (AvgIpc) is 2.95. The van der Waals surface area contributed by atoms with Crippen molar-refractivity contribution in [1.82, 2.24) is 5.32 Å². The Kier molecular flexibility index (Phi) is 9.91. The van der Waals surface area contributed by atoms with Gasteiger partial charge in [0.25, 0.3) is 0 Å². The van der Waals surface area contributed by atoms with E-state index in [-0.39, 0.29) is 6.04 Å². The SMILES string of the molecule is CCN(c1cc(OC)ccc1C1CCc2cc(O)ccc2C1)C(C)c1ccc(OCCNCCOC)cc1. The minimum absolute atomic E-state index is 0.184. The van der Waals surface area contributed by atoms with Gasteiger partial charge in [0.05, 0.1) is 19.8 Å². The van der Waals surface area contributed by atoms with E-state index in [1.807, 2.05) is 12.1 Å². The molecule has 3 aromatic rings. The molecular weight excluding hydrogens is 476 g/mol. The van der Waals surface area contributed by atoms with Crippen LogP contribution in [0.15, 0.2) is 60.7 Å². The van der Waals surface area contributed by atoms with Crippen molar-refractivity contribution < 1.29 is 19.3 Å². The number of hydrogen-bond donors (Lipinski definition) is 2. The second-order valence-corrected chi connectivity index (χ2v) is 9.94. The molecule has 0 fully saturated rings. The van der Waals surface area contributed by atoms with Crippen molar-refractivity contribution in [3.63, 3.8) is 0 Å². The lowest BCUT2D eigenvalue weighted by atomic mass is 9.79. The Balaban J connectivity index is 1.50. The predicted octanol–water partition coefficient (Wildman–Crippen LogP) is 5.88. The summed E-state index contributed by atoms with van der Waals surface area (Å²) in [6.45, 7) is 8.30. The second kappa shape index (κ2) is 13.5. The lowest BCUT2D eigenvalue weighted by molar-refractivity contribution is 0.197. The highest BCUT2D eigenvalue weighted by Crippen LogP contribution is 2.41. The lowest BCUT2D eigenvalue weighted by Gasteiger charge is -2.35. The van der Waals surface area contributed by atoms with Crippen molar-refractivity contribution in [2.24, 2.45) is 0 Å². The van der Waals surface area contributed by atoms with Gasteiger partial charge in [-0.3, -0.25) is 0 Å². The molecule has 0 saturated carbocycles. The number of phenolic OH excluding ortho intramolecular Hbond substituents is 1. The number of methoxy groups -OCH3 is 2. The van der Waals surface area contributed by atoms with Crippen LogP contribution in [0.5, 0.6) is 17.2 Å². The smallest absolute Gasteiger partial charge is 0.120 e. The molecular formula is C32H42N2O4. The van der Waals surface area contributed by atoms with E-state index in [0.29, 0.717) is 24.9 Å². The van der Waals surface area contributed by atoms with E-state index >= 15 is 0 Å². The number of fused-ring (bicyclic) bond motifs is 1. The summed E-state index contributed by atoms with van der Waals surface area (Å²) in [5, 5.41) is 13.2. The third-order valence-electron chi connectivity index (χ3n) is 7.61. The van der Waals surface area contributed by atoms with E-state index in [9.17, 15) is 5.11 Å². The quantitative estimate of drug-likeness (QED) is 0.276. The van der Waals surface area contributed by atoms with Crippen molar-refractivity contribution in [2.45, 2.75) is 45.1 Å². The summed E-state index contributed by atoms with van der Waals surface area (Å²) in [6.07, 6.45) is 3.02. The summed E-state index contributed by atoms with van der Waals surface area (Å²) in [5.41, 5.74) is 6.44. The van der Waals surface area contributed by atoms with Gasteiger partial charge >= 0.3 is 0 Å². The van der Waals surface area contributed by atoms with Crippen molar-refractivity contribution in [2.75, 3.05) is 52.0 Å². The summed E-state index contributed by atoms with van der Waals surface area (Å²) in [6, 6.07) is 21.0. The Bertz CT molecular complexity index is 1160. The van der Waals surface area contributed by atoms with Gasteiger partial charge in [-0.1, -0.05) is 24.3 Å². The van der Waals surface area contributed by atoms with Gasteiger partial charge < -0.3 is 29.5 Å². The standard InChI is InChI=1S/C32H42N2O4/c1-5-34(23(2)24-9-12-29(13-10-24)38-19-17-33-16-18-36-3)32-22-30(37-4)14-15-31(32)27-7-6-26-21-28(35)11-8-25(26)20-27/h8-15,21-23,27,33,35H,5-7,16-20H2,1-4H3. The average molecular weight is 519 g/mol. The molecule has 6 nitrogen and oxygen atoms in total. The molecule has 204 valence electrons. The van der Waals surface area contributed by atoms with Gasteiger partial charge in [0.1, 0.15) is 23.9 Å². The van der Waals surface area contributed by atoms with E-state index in [0.717, 1.165) is 50.4 Å². The minimum atomic E-state index is 0.184. The lowest BCUT2D eigenvalue weighted by Crippen LogP contribution is -2.28. The fourth-order valence-corrected chi connectivity index (χ4v) is 5.47. The van der Waals surface area contributed by atoms with Crippen LogP contribution >= 0.6 is 0 Å². The van der Waals surface area contributed by atoms with Crippen molar-refractivity contribution in [1.29, 1.82) is 0 Å². The summed E-state index contributed by atoms with van der Waals surface area (Å²) in [7, 11) is 3.44. The van der Waals surface area contributed by atoms with Crippen molar-refractivity contribution in [3.8, 4) is 17.2 Å². The van der Waals surface area contributed by atoms with Crippen molar-refractivity contribution in [3.05, 3.63) is 82.9 Å². The Morgan fingerprint density at radius 1 is 0.947 bits per heavy atom. The highest BCUT2D eigenvalue weighted by molar-refractivity contribution is 5.61. The van der Waals surface area contributed by atoms with Crippen LogP contribution in [-0.4, -0.2) is 52.2 Å². The number of hydrogen-bond acceptors (Lipinski definition) is 6. The highest BCUT2D eigenvalue weighted by atomic mass is 16.5. The predicted molar refractivity (Wildman–Crippen MR) is 154 cm³/mol. The number of benzene rings is 3. The Morgan fingerprint density at radius 3 is 2.45 bits per heavy atom. The zero-order valence-electron chi connectivity index (χ0n) is 23.2. The van der Waals surface area contributed by atoms with Crippen LogP contribution in [0.3, 0.4) is 0 Å². The Hall–Kier alpha value is -3.22. The van der Waals surface area contributed by atoms with Crippen LogP contribution in [0.25, 0.3) is 0 Å². The van der Waals surface area contributed by atoms with E-state index in [4.69, 9.17) is 14.2 Å². The normalized spacial score (nSPS) is 15.5. The summed E-state index contributed by atoms with van der Waals surface area (Å²) in [4.78, 5) is 2.47. The monoisotopic (exact) mass is 518 g/mol. The van der Waals surface area contributed by atoms with Crippen LogP contribution < -0.4 is 19.7 Å². The number of aromatic hydroxyl groups is 1. The number of phenols is 1. The number of nitrogens with one attached hydrogen (secondary N) is 1. The van der Waals surface area contributed by atoms with E-state index in [1.54, 1.807) is 14.2 Å². The van der Waals surface area contributed by atoms with E-state index in [2.05, 4.69) is 72.6 Å². The molecule has 0 bridgehead atoms. The van der Waals surface area contributed by atoms with Crippen LogP contribution in [0.1, 0.15) is 54.5 Å². The summed E-state index contributed by atoms with van der Waals surface area (Å²) in [5.74, 6) is 2.53. The molecule has 38 heavy (non-hydrogen) atoms. The Morgan fingerprint density at radius 2 is 1.71 bits per heavy atom. The fraction of sp³-hybridized carbons (Fsp3) is 0.438.